The van der Waals surface area contributed by atoms with E-state index in [0.29, 0.717) is 51.5 Å². The molecule has 2 aliphatic carbocycles. The summed E-state index contributed by atoms with van der Waals surface area (Å²) >= 11 is 0. The predicted octanol–water partition coefficient (Wildman–Crippen LogP) is 5.85. The van der Waals surface area contributed by atoms with Crippen LogP contribution in [0.2, 0.25) is 5.04 Å². The largest absolute Gasteiger partial charge is 0.407 e. The normalized spacial score (nSPS) is 29.3. The summed E-state index contributed by atoms with van der Waals surface area (Å²) in [4.78, 5) is 0. The van der Waals surface area contributed by atoms with E-state index in [9.17, 15) is 0 Å². The fourth-order valence-corrected chi connectivity index (χ4v) is 13.8. The van der Waals surface area contributed by atoms with E-state index in [0.717, 1.165) is 25.7 Å². The van der Waals surface area contributed by atoms with Gasteiger partial charge in [0.05, 0.1) is 38.4 Å². The van der Waals surface area contributed by atoms with Crippen molar-refractivity contribution in [3.8, 4) is 0 Å². The lowest BCUT2D eigenvalue weighted by atomic mass is 9.62. The number of hydrogen-bond acceptors (Lipinski definition) is 8. The van der Waals surface area contributed by atoms with Crippen LogP contribution < -0.4 is 10.4 Å². The molecule has 2 aliphatic heterocycles. The van der Waals surface area contributed by atoms with Crippen molar-refractivity contribution in [3.63, 3.8) is 0 Å². The van der Waals surface area contributed by atoms with E-state index in [1.165, 1.54) is 21.5 Å². The van der Waals surface area contributed by atoms with Gasteiger partial charge in [-0.25, -0.2) is 0 Å². The summed E-state index contributed by atoms with van der Waals surface area (Å²) in [6.07, 6.45) is 7.76. The average Bonchev–Trinajstić information content (AvgIpc) is 3.30. The fourth-order valence-electron chi connectivity index (χ4n) is 9.20. The van der Waals surface area contributed by atoms with Crippen LogP contribution in [-0.4, -0.2) is 88.2 Å². The Morgan fingerprint density at radius 1 is 0.837 bits per heavy atom. The molecule has 2 heterocycles. The number of allylic oxidation sites excluding steroid dienone is 1. The van der Waals surface area contributed by atoms with Crippen molar-refractivity contribution in [2.45, 2.75) is 63.6 Å². The van der Waals surface area contributed by atoms with Crippen LogP contribution in [0.5, 0.6) is 0 Å². The third-order valence-electron chi connectivity index (χ3n) is 11.2. The Morgan fingerprint density at radius 3 is 2.16 bits per heavy atom. The maximum Gasteiger partial charge on any atom is 0.261 e. The van der Waals surface area contributed by atoms with Crippen LogP contribution in [-0.2, 0) is 37.6 Å². The van der Waals surface area contributed by atoms with Crippen LogP contribution in [0.4, 0.5) is 0 Å². The molecule has 6 rings (SSSR count). The van der Waals surface area contributed by atoms with Gasteiger partial charge in [-0.3, -0.25) is 0 Å². The second kappa shape index (κ2) is 15.6. The molecule has 2 aromatic rings. The Morgan fingerprint density at radius 2 is 1.53 bits per heavy atom. The van der Waals surface area contributed by atoms with Gasteiger partial charge in [0.15, 0.2) is 6.29 Å². The van der Waals surface area contributed by atoms with Crippen molar-refractivity contribution in [2.75, 3.05) is 67.8 Å². The van der Waals surface area contributed by atoms with Gasteiger partial charge in [-0.2, -0.15) is 0 Å². The number of benzene rings is 2. The van der Waals surface area contributed by atoms with Crippen molar-refractivity contribution >= 4 is 18.7 Å². The third kappa shape index (κ3) is 6.79. The van der Waals surface area contributed by atoms with E-state index < -0.39 is 25.8 Å². The van der Waals surface area contributed by atoms with Gasteiger partial charge in [0.2, 0.25) is 5.79 Å². The van der Waals surface area contributed by atoms with Gasteiger partial charge in [0.25, 0.3) is 8.32 Å². The van der Waals surface area contributed by atoms with E-state index in [1.54, 1.807) is 21.3 Å². The SMILES string of the molecule is COCCOCOCC[C@H]1C=C2[C@@]3(CCO[Si](c4ccccc4)(c4ccccc4)C(C)(C)C)CC(COC)=C[C@H]4[C@@H]1CCO[C@@]24O[C@@H]3OC. The zero-order valence-corrected chi connectivity index (χ0v) is 31.3. The lowest BCUT2D eigenvalue weighted by Crippen LogP contribution is -2.66. The monoisotopic (exact) mass is 692 g/mol. The Balaban J connectivity index is 1.35. The van der Waals surface area contributed by atoms with E-state index in [1.807, 2.05) is 0 Å². The van der Waals surface area contributed by atoms with Crippen LogP contribution in [0.3, 0.4) is 0 Å². The maximum atomic E-state index is 7.50. The summed E-state index contributed by atoms with van der Waals surface area (Å²) in [7, 11) is 2.46. The topological polar surface area (TPSA) is 73.8 Å². The van der Waals surface area contributed by atoms with E-state index in [2.05, 4.69) is 93.6 Å². The lowest BCUT2D eigenvalue weighted by molar-refractivity contribution is -0.305. The van der Waals surface area contributed by atoms with Gasteiger partial charge < -0.3 is 37.6 Å². The molecule has 2 saturated heterocycles. The Hall–Kier alpha value is -2.18. The van der Waals surface area contributed by atoms with Gasteiger partial charge in [-0.15, -0.1) is 0 Å². The quantitative estimate of drug-likeness (QED) is 0.0886. The van der Waals surface area contributed by atoms with Gasteiger partial charge in [0.1, 0.15) is 6.79 Å². The number of rotatable bonds is 17. The second-order valence-corrected chi connectivity index (χ2v) is 19.3. The van der Waals surface area contributed by atoms with Gasteiger partial charge in [-0.05, 0) is 64.1 Å². The van der Waals surface area contributed by atoms with Crippen molar-refractivity contribution in [2.24, 2.45) is 23.2 Å². The first-order valence-electron chi connectivity index (χ1n) is 17.9. The van der Waals surface area contributed by atoms with Crippen molar-refractivity contribution in [3.05, 3.63) is 84.0 Å². The Kier molecular flexibility index (Phi) is 11.6. The molecule has 0 N–H and O–H groups in total. The number of ether oxygens (including phenoxy) is 7. The highest BCUT2D eigenvalue weighted by molar-refractivity contribution is 6.99. The van der Waals surface area contributed by atoms with Crippen LogP contribution in [0.25, 0.3) is 0 Å². The highest BCUT2D eigenvalue weighted by Crippen LogP contribution is 2.66. The first-order chi connectivity index (χ1) is 23.8. The highest BCUT2D eigenvalue weighted by Gasteiger charge is 2.69. The summed E-state index contributed by atoms with van der Waals surface area (Å²) in [5.74, 6) is -0.113. The molecule has 0 radical (unpaired) electrons. The molecule has 268 valence electrons. The summed E-state index contributed by atoms with van der Waals surface area (Å²) in [5.41, 5.74) is 2.00. The van der Waals surface area contributed by atoms with Crippen LogP contribution in [0, 0.1) is 23.2 Å². The minimum absolute atomic E-state index is 0.0639. The number of methoxy groups -OCH3 is 3. The summed E-state index contributed by atoms with van der Waals surface area (Å²) < 4.78 is 50.0. The molecule has 2 fully saturated rings. The molecule has 1 spiro atoms. The molecule has 49 heavy (non-hydrogen) atoms. The minimum atomic E-state index is -2.76. The average molecular weight is 693 g/mol. The van der Waals surface area contributed by atoms with Gasteiger partial charge in [-0.1, -0.05) is 93.6 Å². The first kappa shape index (κ1) is 36.6. The molecule has 0 aromatic heterocycles. The molecule has 2 aromatic carbocycles. The minimum Gasteiger partial charge on any atom is -0.407 e. The van der Waals surface area contributed by atoms with E-state index in [4.69, 9.17) is 37.6 Å². The van der Waals surface area contributed by atoms with Gasteiger partial charge in [0, 0.05) is 33.9 Å². The zero-order valence-electron chi connectivity index (χ0n) is 30.3. The first-order valence-corrected chi connectivity index (χ1v) is 19.8. The summed E-state index contributed by atoms with van der Waals surface area (Å²) in [6.45, 7) is 10.7. The lowest BCUT2D eigenvalue weighted by Gasteiger charge is -2.50. The molecular formula is C40H56O8Si. The van der Waals surface area contributed by atoms with Gasteiger partial charge >= 0.3 is 0 Å². The molecule has 5 bridgehead atoms. The highest BCUT2D eigenvalue weighted by atomic mass is 28.4. The molecule has 0 amide bonds. The molecule has 0 unspecified atom stereocenters. The molecule has 4 aliphatic rings. The smallest absolute Gasteiger partial charge is 0.261 e. The molecule has 0 saturated carbocycles. The fraction of sp³-hybridized carbons (Fsp3) is 0.600. The molecule has 9 heteroatoms. The molecular weight excluding hydrogens is 637 g/mol. The van der Waals surface area contributed by atoms with Crippen molar-refractivity contribution in [1.29, 1.82) is 0 Å². The molecule has 8 nitrogen and oxygen atoms in total. The zero-order chi connectivity index (χ0) is 34.5. The maximum absolute atomic E-state index is 7.50. The van der Waals surface area contributed by atoms with Crippen molar-refractivity contribution in [1.82, 2.24) is 0 Å². The molecule has 6 atom stereocenters. The predicted molar refractivity (Wildman–Crippen MR) is 192 cm³/mol. The summed E-state index contributed by atoms with van der Waals surface area (Å²) in [5, 5.41) is 2.42. The summed E-state index contributed by atoms with van der Waals surface area (Å²) in [6, 6.07) is 21.7. The third-order valence-corrected chi connectivity index (χ3v) is 16.3. The van der Waals surface area contributed by atoms with Crippen LogP contribution >= 0.6 is 0 Å². The second-order valence-electron chi connectivity index (χ2n) is 15.0. The van der Waals surface area contributed by atoms with E-state index >= 15 is 0 Å². The Labute approximate surface area is 294 Å². The van der Waals surface area contributed by atoms with Crippen LogP contribution in [0.15, 0.2) is 84.0 Å². The standard InChI is InChI=1S/C40H56O8Si/c1-38(2,3)49(32-13-9-7-10-14-32,33-15-11-8-12-16-33)47-22-19-39-27-30(28-42-5)25-35-34-18-21-46-40(35,48-37(39)43-6)36(39)26-31(34)17-20-44-29-45-24-23-41-4/h7-16,25-26,31,34-35,37H,17-24,27-29H2,1-6H3/t31-,34+,35-,37-,39+,40-/m0/s1. The Bertz CT molecular complexity index is 1390. The van der Waals surface area contributed by atoms with E-state index in [-0.39, 0.29) is 17.7 Å². The van der Waals surface area contributed by atoms with Crippen LogP contribution in [0.1, 0.15) is 46.5 Å². The number of hydrogen-bond donors (Lipinski definition) is 0. The van der Waals surface area contributed by atoms with Crippen molar-refractivity contribution < 1.29 is 37.6 Å².